The van der Waals surface area contributed by atoms with Crippen LogP contribution >= 0.6 is 23.4 Å². The molecule has 0 amide bonds. The number of rotatable bonds is 7. The molecule has 0 fully saturated rings. The van der Waals surface area contributed by atoms with Crippen LogP contribution in [0.15, 0.2) is 75.2 Å². The minimum absolute atomic E-state index is 0.311. The van der Waals surface area contributed by atoms with Crippen LogP contribution in [0.4, 0.5) is 0 Å². The normalized spacial score (nSPS) is 12.1. The summed E-state index contributed by atoms with van der Waals surface area (Å²) in [6.45, 7) is 4.09. The second-order valence-electron chi connectivity index (χ2n) is 7.17. The van der Waals surface area contributed by atoms with Gasteiger partial charge < -0.3 is 9.15 Å². The number of para-hydroxylation sites is 1. The summed E-state index contributed by atoms with van der Waals surface area (Å²) in [5, 5.41) is 1.48. The van der Waals surface area contributed by atoms with Crippen LogP contribution in [0.5, 0.6) is 0 Å². The molecule has 0 aliphatic heterocycles. The van der Waals surface area contributed by atoms with Crippen molar-refractivity contribution in [3.05, 3.63) is 76.2 Å². The number of ether oxygens (including phenoxy) is 1. The topological polar surface area (TPSA) is 74.3 Å². The fourth-order valence-corrected chi connectivity index (χ4v) is 4.16. The monoisotopic (exact) mass is 468 g/mol. The van der Waals surface area contributed by atoms with E-state index in [1.165, 1.54) is 11.8 Å². The third kappa shape index (κ3) is 4.74. The highest BCUT2D eigenvalue weighted by Crippen LogP contribution is 2.30. The summed E-state index contributed by atoms with van der Waals surface area (Å²) in [5.41, 5.74) is 1.64. The SMILES string of the molecule is CCCOC(=O)C(C)Sc1nc(-c2cc3ccccc3oc2=O)cn1-c1ccc(Cl)cc1. The van der Waals surface area contributed by atoms with Crippen LogP contribution in [-0.4, -0.2) is 27.4 Å². The number of carbonyl (C=O) groups excluding carboxylic acids is 1. The quantitative estimate of drug-likeness (QED) is 0.196. The average molecular weight is 469 g/mol. The molecule has 0 aliphatic carbocycles. The van der Waals surface area contributed by atoms with Gasteiger partial charge in [-0.15, -0.1) is 0 Å². The van der Waals surface area contributed by atoms with Crippen molar-refractivity contribution >= 4 is 40.3 Å². The van der Waals surface area contributed by atoms with Crippen LogP contribution in [0.2, 0.25) is 5.02 Å². The molecule has 0 bridgehead atoms. The van der Waals surface area contributed by atoms with E-state index >= 15 is 0 Å². The highest BCUT2D eigenvalue weighted by molar-refractivity contribution is 8.00. The fraction of sp³-hybridized carbons (Fsp3) is 0.208. The number of halogens is 1. The van der Waals surface area contributed by atoms with Gasteiger partial charge in [-0.3, -0.25) is 9.36 Å². The van der Waals surface area contributed by atoms with Crippen molar-refractivity contribution in [2.45, 2.75) is 30.7 Å². The van der Waals surface area contributed by atoms with Crippen LogP contribution in [0, 0.1) is 0 Å². The molecular weight excluding hydrogens is 448 g/mol. The van der Waals surface area contributed by atoms with Crippen molar-refractivity contribution in [1.29, 1.82) is 0 Å². The summed E-state index contributed by atoms with van der Waals surface area (Å²) in [5.74, 6) is -0.311. The van der Waals surface area contributed by atoms with Gasteiger partial charge in [0, 0.05) is 22.3 Å². The van der Waals surface area contributed by atoms with Crippen LogP contribution in [-0.2, 0) is 9.53 Å². The first-order valence-electron chi connectivity index (χ1n) is 10.2. The third-order valence-corrected chi connectivity index (χ3v) is 6.06. The van der Waals surface area contributed by atoms with Gasteiger partial charge in [0.2, 0.25) is 0 Å². The van der Waals surface area contributed by atoms with E-state index in [0.717, 1.165) is 17.5 Å². The van der Waals surface area contributed by atoms with Crippen LogP contribution in [0.25, 0.3) is 27.9 Å². The van der Waals surface area contributed by atoms with E-state index in [-0.39, 0.29) is 5.97 Å². The van der Waals surface area contributed by atoms with Gasteiger partial charge in [-0.2, -0.15) is 0 Å². The standard InChI is InChI=1S/C24H21ClN2O4S/c1-3-12-30-22(28)15(2)32-24-26-20(14-27(24)18-10-8-17(25)9-11-18)19-13-16-6-4-5-7-21(16)31-23(19)29/h4-11,13-15H,3,12H2,1-2H3. The van der Waals surface area contributed by atoms with E-state index in [2.05, 4.69) is 4.98 Å². The van der Waals surface area contributed by atoms with Gasteiger partial charge in [-0.05, 0) is 49.7 Å². The molecule has 4 aromatic rings. The van der Waals surface area contributed by atoms with Crippen molar-refractivity contribution in [3.8, 4) is 16.9 Å². The number of benzene rings is 2. The molecule has 2 aromatic carbocycles. The Morgan fingerprint density at radius 2 is 1.97 bits per heavy atom. The Hall–Kier alpha value is -3.03. The first-order valence-corrected chi connectivity index (χ1v) is 11.4. The molecule has 164 valence electrons. The molecule has 6 nitrogen and oxygen atoms in total. The molecule has 32 heavy (non-hydrogen) atoms. The molecule has 1 unspecified atom stereocenters. The number of thioether (sulfide) groups is 1. The number of nitrogens with zero attached hydrogens (tertiary/aromatic N) is 2. The smallest absolute Gasteiger partial charge is 0.345 e. The average Bonchev–Trinajstić information content (AvgIpc) is 3.20. The summed E-state index contributed by atoms with van der Waals surface area (Å²) in [7, 11) is 0. The zero-order valence-corrected chi connectivity index (χ0v) is 19.2. The first kappa shape index (κ1) is 22.2. The summed E-state index contributed by atoms with van der Waals surface area (Å²) < 4.78 is 12.6. The summed E-state index contributed by atoms with van der Waals surface area (Å²) >= 11 is 7.31. The number of fused-ring (bicyclic) bond motifs is 1. The molecule has 0 radical (unpaired) electrons. The van der Waals surface area contributed by atoms with Crippen molar-refractivity contribution in [1.82, 2.24) is 9.55 Å². The molecule has 2 aromatic heterocycles. The Morgan fingerprint density at radius 3 is 2.72 bits per heavy atom. The number of esters is 1. The van der Waals surface area contributed by atoms with Crippen molar-refractivity contribution in [2.24, 2.45) is 0 Å². The van der Waals surface area contributed by atoms with E-state index in [1.807, 2.05) is 41.8 Å². The number of aromatic nitrogens is 2. The number of hydrogen-bond donors (Lipinski definition) is 0. The largest absolute Gasteiger partial charge is 0.465 e. The Kier molecular flexibility index (Phi) is 6.67. The van der Waals surface area contributed by atoms with Gasteiger partial charge in [0.25, 0.3) is 0 Å². The third-order valence-electron chi connectivity index (χ3n) is 4.76. The fourth-order valence-electron chi connectivity index (χ4n) is 3.13. The molecule has 1 atom stereocenters. The second-order valence-corrected chi connectivity index (χ2v) is 8.91. The Morgan fingerprint density at radius 1 is 1.22 bits per heavy atom. The minimum Gasteiger partial charge on any atom is -0.465 e. The van der Waals surface area contributed by atoms with Crippen LogP contribution in [0.3, 0.4) is 0 Å². The van der Waals surface area contributed by atoms with Crippen LogP contribution in [0.1, 0.15) is 20.3 Å². The second kappa shape index (κ2) is 9.63. The maximum Gasteiger partial charge on any atom is 0.345 e. The van der Waals surface area contributed by atoms with Crippen molar-refractivity contribution < 1.29 is 13.9 Å². The molecule has 0 saturated heterocycles. The number of carbonyl (C=O) groups is 1. The highest BCUT2D eigenvalue weighted by Gasteiger charge is 2.22. The Labute approximate surface area is 194 Å². The van der Waals surface area contributed by atoms with Crippen molar-refractivity contribution in [3.63, 3.8) is 0 Å². The summed E-state index contributed by atoms with van der Waals surface area (Å²) in [6.07, 6.45) is 2.51. The van der Waals surface area contributed by atoms with Gasteiger partial charge in [0.1, 0.15) is 10.8 Å². The lowest BCUT2D eigenvalue weighted by atomic mass is 10.1. The van der Waals surface area contributed by atoms with Gasteiger partial charge in [0.05, 0.1) is 17.9 Å². The van der Waals surface area contributed by atoms with Crippen molar-refractivity contribution in [2.75, 3.05) is 6.61 Å². The molecule has 0 aliphatic rings. The Balaban J connectivity index is 1.77. The molecule has 2 heterocycles. The number of imidazole rings is 1. The minimum atomic E-state index is -0.476. The summed E-state index contributed by atoms with van der Waals surface area (Å²) in [4.78, 5) is 29.7. The van der Waals surface area contributed by atoms with Gasteiger partial charge >= 0.3 is 11.6 Å². The lowest BCUT2D eigenvalue weighted by Gasteiger charge is -2.12. The zero-order chi connectivity index (χ0) is 22.7. The van der Waals surface area contributed by atoms with Gasteiger partial charge in [-0.1, -0.05) is 48.5 Å². The van der Waals surface area contributed by atoms with E-state index in [4.69, 9.17) is 20.8 Å². The summed E-state index contributed by atoms with van der Waals surface area (Å²) in [6, 6.07) is 16.3. The van der Waals surface area contributed by atoms with E-state index in [0.29, 0.717) is 33.6 Å². The van der Waals surface area contributed by atoms with Gasteiger partial charge in [0.15, 0.2) is 5.16 Å². The predicted octanol–water partition coefficient (Wildman–Crippen LogP) is 5.73. The molecule has 0 spiro atoms. The maximum atomic E-state index is 12.7. The van der Waals surface area contributed by atoms with E-state index in [9.17, 15) is 9.59 Å². The predicted molar refractivity (Wildman–Crippen MR) is 127 cm³/mol. The lowest BCUT2D eigenvalue weighted by molar-refractivity contribution is -0.142. The molecule has 0 saturated carbocycles. The van der Waals surface area contributed by atoms with Crippen LogP contribution < -0.4 is 5.63 Å². The zero-order valence-electron chi connectivity index (χ0n) is 17.6. The first-order chi connectivity index (χ1) is 15.5. The lowest BCUT2D eigenvalue weighted by Crippen LogP contribution is -2.18. The maximum absolute atomic E-state index is 12.7. The van der Waals surface area contributed by atoms with E-state index < -0.39 is 10.9 Å². The molecule has 0 N–H and O–H groups in total. The Bertz CT molecular complexity index is 1310. The molecule has 8 heteroatoms. The van der Waals surface area contributed by atoms with E-state index in [1.54, 1.807) is 37.4 Å². The number of hydrogen-bond acceptors (Lipinski definition) is 6. The molecular formula is C24H21ClN2O4S. The molecule has 4 rings (SSSR count). The van der Waals surface area contributed by atoms with Gasteiger partial charge in [-0.25, -0.2) is 9.78 Å². The highest BCUT2D eigenvalue weighted by atomic mass is 35.5.